The monoisotopic (exact) mass is 344 g/mol. The standard InChI is InChI=1S/C16H28N2O6/c1-15(2,3)17(13(19)20)9-7-23-12-10(8-24-11(9)12)18(14(21)22)16(4,5)6/h9-12H,7-8H2,1-6H3,(H,19,20)(H,21,22)/t9-,10+,11-,12-/m1/s1. The Hall–Kier alpha value is -1.54. The Bertz CT molecular complexity index is 464. The highest BCUT2D eigenvalue weighted by molar-refractivity contribution is 5.67. The Balaban J connectivity index is 2.25. The summed E-state index contributed by atoms with van der Waals surface area (Å²) in [6.45, 7) is 11.3. The molecule has 2 rings (SSSR count). The van der Waals surface area contributed by atoms with Gasteiger partial charge in [-0.05, 0) is 41.5 Å². The summed E-state index contributed by atoms with van der Waals surface area (Å²) in [5, 5.41) is 19.2. The van der Waals surface area contributed by atoms with Gasteiger partial charge in [-0.1, -0.05) is 0 Å². The van der Waals surface area contributed by atoms with E-state index in [2.05, 4.69) is 0 Å². The molecule has 2 aliphatic heterocycles. The van der Waals surface area contributed by atoms with Crippen LogP contribution in [0.15, 0.2) is 0 Å². The van der Waals surface area contributed by atoms with Crippen LogP contribution in [-0.4, -0.2) is 80.8 Å². The van der Waals surface area contributed by atoms with Crippen molar-refractivity contribution in [1.82, 2.24) is 9.80 Å². The highest BCUT2D eigenvalue weighted by Crippen LogP contribution is 2.37. The molecular formula is C16H28N2O6. The fraction of sp³-hybridized carbons (Fsp3) is 0.875. The van der Waals surface area contributed by atoms with Crippen molar-refractivity contribution in [3.05, 3.63) is 0 Å². The lowest BCUT2D eigenvalue weighted by Gasteiger charge is -2.39. The molecule has 2 heterocycles. The maximum absolute atomic E-state index is 11.7. The molecule has 2 amide bonds. The van der Waals surface area contributed by atoms with Crippen LogP contribution in [0, 0.1) is 0 Å². The molecular weight excluding hydrogens is 316 g/mol. The van der Waals surface area contributed by atoms with Gasteiger partial charge in [-0.2, -0.15) is 0 Å². The highest BCUT2D eigenvalue weighted by Gasteiger charge is 2.55. The molecule has 0 spiro atoms. The fourth-order valence-corrected chi connectivity index (χ4v) is 3.75. The van der Waals surface area contributed by atoms with Gasteiger partial charge >= 0.3 is 12.2 Å². The van der Waals surface area contributed by atoms with Gasteiger partial charge in [0.1, 0.15) is 12.2 Å². The van der Waals surface area contributed by atoms with E-state index in [0.717, 1.165) is 0 Å². The third-order valence-corrected chi connectivity index (χ3v) is 4.52. The van der Waals surface area contributed by atoms with Gasteiger partial charge in [-0.3, -0.25) is 9.80 Å². The van der Waals surface area contributed by atoms with E-state index in [1.165, 1.54) is 9.80 Å². The van der Waals surface area contributed by atoms with Crippen molar-refractivity contribution in [2.24, 2.45) is 0 Å². The van der Waals surface area contributed by atoms with E-state index in [4.69, 9.17) is 9.47 Å². The highest BCUT2D eigenvalue weighted by atomic mass is 16.6. The molecule has 4 atom stereocenters. The minimum atomic E-state index is -1.03. The van der Waals surface area contributed by atoms with Crippen LogP contribution in [0.4, 0.5) is 9.59 Å². The van der Waals surface area contributed by atoms with Crippen LogP contribution >= 0.6 is 0 Å². The third-order valence-electron chi connectivity index (χ3n) is 4.52. The predicted octanol–water partition coefficient (Wildman–Crippen LogP) is 2.08. The summed E-state index contributed by atoms with van der Waals surface area (Å²) in [4.78, 5) is 26.1. The number of nitrogens with zero attached hydrogens (tertiary/aromatic N) is 2. The molecule has 2 fully saturated rings. The van der Waals surface area contributed by atoms with Gasteiger partial charge in [-0.15, -0.1) is 0 Å². The molecule has 0 aromatic carbocycles. The second-order valence-corrected chi connectivity index (χ2v) is 8.38. The summed E-state index contributed by atoms with van der Waals surface area (Å²) in [6.07, 6.45) is -2.99. The predicted molar refractivity (Wildman–Crippen MR) is 86.3 cm³/mol. The van der Waals surface area contributed by atoms with Gasteiger partial charge in [0.25, 0.3) is 0 Å². The number of carbonyl (C=O) groups is 2. The fourth-order valence-electron chi connectivity index (χ4n) is 3.75. The lowest BCUT2D eigenvalue weighted by molar-refractivity contribution is -0.00446. The molecule has 8 heteroatoms. The Morgan fingerprint density at radius 1 is 0.792 bits per heavy atom. The smallest absolute Gasteiger partial charge is 0.408 e. The van der Waals surface area contributed by atoms with Crippen molar-refractivity contribution in [3.63, 3.8) is 0 Å². The van der Waals surface area contributed by atoms with E-state index in [-0.39, 0.29) is 13.2 Å². The molecule has 8 nitrogen and oxygen atoms in total. The summed E-state index contributed by atoms with van der Waals surface area (Å²) in [7, 11) is 0. The summed E-state index contributed by atoms with van der Waals surface area (Å²) in [6, 6.07) is -0.902. The van der Waals surface area contributed by atoms with Crippen LogP contribution in [0.2, 0.25) is 0 Å². The average molecular weight is 344 g/mol. The normalized spacial score (nSPS) is 30.1. The number of carboxylic acid groups (broad SMARTS) is 2. The topological polar surface area (TPSA) is 99.5 Å². The lowest BCUT2D eigenvalue weighted by Crippen LogP contribution is -2.57. The molecule has 2 aliphatic rings. The Morgan fingerprint density at radius 2 is 1.08 bits per heavy atom. The number of fused-ring (bicyclic) bond motifs is 1. The van der Waals surface area contributed by atoms with Gasteiger partial charge in [0, 0.05) is 11.1 Å². The van der Waals surface area contributed by atoms with Gasteiger partial charge in [0.15, 0.2) is 0 Å². The van der Waals surface area contributed by atoms with Crippen LogP contribution in [0.1, 0.15) is 41.5 Å². The van der Waals surface area contributed by atoms with Crippen LogP contribution < -0.4 is 0 Å². The van der Waals surface area contributed by atoms with Crippen LogP contribution in [-0.2, 0) is 9.47 Å². The number of hydrogen-bond acceptors (Lipinski definition) is 4. The maximum Gasteiger partial charge on any atom is 0.408 e. The van der Waals surface area contributed by atoms with Crippen molar-refractivity contribution >= 4 is 12.2 Å². The van der Waals surface area contributed by atoms with E-state index in [0.29, 0.717) is 0 Å². The molecule has 138 valence electrons. The average Bonchev–Trinajstić information content (AvgIpc) is 2.89. The Labute approximate surface area is 142 Å². The molecule has 0 aromatic rings. The summed E-state index contributed by atoms with van der Waals surface area (Å²) in [5.74, 6) is 0. The third kappa shape index (κ3) is 3.30. The van der Waals surface area contributed by atoms with Crippen molar-refractivity contribution < 1.29 is 29.3 Å². The van der Waals surface area contributed by atoms with E-state index >= 15 is 0 Å². The van der Waals surface area contributed by atoms with Gasteiger partial charge < -0.3 is 19.7 Å². The van der Waals surface area contributed by atoms with E-state index in [1.807, 2.05) is 41.5 Å². The first-order chi connectivity index (χ1) is 10.9. The van der Waals surface area contributed by atoms with Crippen LogP contribution in [0.3, 0.4) is 0 Å². The largest absolute Gasteiger partial charge is 0.465 e. The second kappa shape index (κ2) is 6.07. The molecule has 0 aliphatic carbocycles. The second-order valence-electron chi connectivity index (χ2n) is 8.38. The van der Waals surface area contributed by atoms with Crippen LogP contribution in [0.5, 0.6) is 0 Å². The number of amides is 2. The minimum Gasteiger partial charge on any atom is -0.465 e. The summed E-state index contributed by atoms with van der Waals surface area (Å²) >= 11 is 0. The molecule has 24 heavy (non-hydrogen) atoms. The molecule has 0 saturated carbocycles. The first-order valence-electron chi connectivity index (χ1n) is 8.13. The first-order valence-corrected chi connectivity index (χ1v) is 8.13. The van der Waals surface area contributed by atoms with Crippen LogP contribution in [0.25, 0.3) is 0 Å². The number of hydrogen-bond donors (Lipinski definition) is 2. The molecule has 0 unspecified atom stereocenters. The molecule has 2 N–H and O–H groups in total. The lowest BCUT2D eigenvalue weighted by atomic mass is 9.96. The zero-order valence-electron chi connectivity index (χ0n) is 15.1. The molecule has 0 radical (unpaired) electrons. The Kier molecular flexibility index (Phi) is 4.76. The van der Waals surface area contributed by atoms with E-state index < -0.39 is 47.6 Å². The van der Waals surface area contributed by atoms with Gasteiger partial charge in [0.2, 0.25) is 0 Å². The molecule has 2 saturated heterocycles. The first kappa shape index (κ1) is 18.8. The van der Waals surface area contributed by atoms with Crippen molar-refractivity contribution in [1.29, 1.82) is 0 Å². The zero-order valence-corrected chi connectivity index (χ0v) is 15.1. The summed E-state index contributed by atoms with van der Waals surface area (Å²) < 4.78 is 11.6. The van der Waals surface area contributed by atoms with Crippen molar-refractivity contribution in [2.45, 2.75) is 76.9 Å². The quantitative estimate of drug-likeness (QED) is 0.795. The molecule has 0 aromatic heterocycles. The van der Waals surface area contributed by atoms with Gasteiger partial charge in [-0.25, -0.2) is 9.59 Å². The van der Waals surface area contributed by atoms with Gasteiger partial charge in [0.05, 0.1) is 25.3 Å². The minimum absolute atomic E-state index is 0.201. The van der Waals surface area contributed by atoms with E-state index in [1.54, 1.807) is 0 Å². The molecule has 0 bridgehead atoms. The number of rotatable bonds is 2. The maximum atomic E-state index is 11.7. The Morgan fingerprint density at radius 3 is 1.29 bits per heavy atom. The van der Waals surface area contributed by atoms with Crippen molar-refractivity contribution in [3.8, 4) is 0 Å². The van der Waals surface area contributed by atoms with Crippen molar-refractivity contribution in [2.75, 3.05) is 13.2 Å². The summed E-state index contributed by atoms with van der Waals surface area (Å²) in [5.41, 5.74) is -1.21. The zero-order chi connectivity index (χ0) is 18.4. The van der Waals surface area contributed by atoms with E-state index in [9.17, 15) is 19.8 Å². The SMILES string of the molecule is CC(C)(C)N(C(=O)O)[C@@H]1CO[C@H]2[C@@H]1OC[C@@H]2N(C(=O)O)C(C)(C)C. The number of ether oxygens (including phenoxy) is 2.